The van der Waals surface area contributed by atoms with Crippen LogP contribution >= 0.6 is 0 Å². The predicted molar refractivity (Wildman–Crippen MR) is 174 cm³/mol. The maximum atomic E-state index is 2.48. The highest BCUT2D eigenvalue weighted by Gasteiger charge is 2.25. The highest BCUT2D eigenvalue weighted by molar-refractivity contribution is 6.29. The summed E-state index contributed by atoms with van der Waals surface area (Å²) >= 11 is 0. The molecule has 0 saturated carbocycles. The van der Waals surface area contributed by atoms with Crippen LogP contribution in [-0.2, 0) is 0 Å². The van der Waals surface area contributed by atoms with E-state index in [2.05, 4.69) is 156 Å². The summed E-state index contributed by atoms with van der Waals surface area (Å²) in [4.78, 5) is 0. The summed E-state index contributed by atoms with van der Waals surface area (Å²) < 4.78 is 2.48. The number of nitrogens with zero attached hydrogens (tertiary/aromatic N) is 1. The Kier molecular flexibility index (Phi) is 4.67. The highest BCUT2D eigenvalue weighted by Crippen LogP contribution is 2.51. The molecule has 1 heterocycles. The second-order valence-electron chi connectivity index (χ2n) is 10.9. The van der Waals surface area contributed by atoms with Crippen molar-refractivity contribution in [2.24, 2.45) is 0 Å². The van der Waals surface area contributed by atoms with Crippen LogP contribution in [0.25, 0.3) is 82.8 Å². The highest BCUT2D eigenvalue weighted by atomic mass is 15.0. The number of rotatable bonds is 3. The SMILES string of the molecule is c1ccc(-c2cc(-c3ccccc3)cc(-n3c4ccccc4c4c5cccc6c5c(cc43)-c3ccccc3-6)c2)cc1. The molecule has 1 aliphatic carbocycles. The lowest BCUT2D eigenvalue weighted by molar-refractivity contribution is 1.18. The van der Waals surface area contributed by atoms with Gasteiger partial charge in [0.1, 0.15) is 0 Å². The first-order chi connectivity index (χ1) is 20.3. The van der Waals surface area contributed by atoms with Crippen LogP contribution in [0.15, 0.2) is 152 Å². The van der Waals surface area contributed by atoms with E-state index in [1.807, 2.05) is 0 Å². The van der Waals surface area contributed by atoms with Crippen molar-refractivity contribution < 1.29 is 0 Å². The van der Waals surface area contributed by atoms with E-state index in [1.165, 1.54) is 82.8 Å². The second kappa shape index (κ2) is 8.55. The normalized spacial score (nSPS) is 11.9. The molecular formula is C40H25N. The third-order valence-corrected chi connectivity index (χ3v) is 8.69. The molecule has 0 radical (unpaired) electrons. The number of aromatic nitrogens is 1. The predicted octanol–water partition coefficient (Wildman–Crippen LogP) is 10.9. The molecular weight excluding hydrogens is 494 g/mol. The van der Waals surface area contributed by atoms with Crippen molar-refractivity contribution >= 4 is 32.6 Å². The maximum Gasteiger partial charge on any atom is 0.0553 e. The quantitative estimate of drug-likeness (QED) is 0.219. The van der Waals surface area contributed by atoms with E-state index in [-0.39, 0.29) is 0 Å². The van der Waals surface area contributed by atoms with Crippen LogP contribution in [-0.4, -0.2) is 4.57 Å². The van der Waals surface area contributed by atoms with Crippen LogP contribution in [0.1, 0.15) is 0 Å². The van der Waals surface area contributed by atoms with Gasteiger partial charge in [-0.1, -0.05) is 121 Å². The van der Waals surface area contributed by atoms with E-state index in [9.17, 15) is 0 Å². The molecule has 0 aliphatic heterocycles. The van der Waals surface area contributed by atoms with E-state index in [4.69, 9.17) is 0 Å². The zero-order valence-corrected chi connectivity index (χ0v) is 22.4. The first kappa shape index (κ1) is 22.4. The van der Waals surface area contributed by atoms with Crippen LogP contribution in [0.5, 0.6) is 0 Å². The molecule has 1 aromatic heterocycles. The summed E-state index contributed by atoms with van der Waals surface area (Å²) in [5.74, 6) is 0. The summed E-state index contributed by atoms with van der Waals surface area (Å²) in [7, 11) is 0. The molecule has 0 atom stereocenters. The minimum atomic E-state index is 1.17. The van der Waals surface area contributed by atoms with Crippen molar-refractivity contribution in [1.82, 2.24) is 4.57 Å². The minimum absolute atomic E-state index is 1.17. The van der Waals surface area contributed by atoms with Gasteiger partial charge in [0, 0.05) is 16.5 Å². The van der Waals surface area contributed by atoms with E-state index in [1.54, 1.807) is 0 Å². The van der Waals surface area contributed by atoms with E-state index >= 15 is 0 Å². The second-order valence-corrected chi connectivity index (χ2v) is 10.9. The maximum absolute atomic E-state index is 2.48. The van der Waals surface area contributed by atoms with Gasteiger partial charge in [-0.25, -0.2) is 0 Å². The van der Waals surface area contributed by atoms with E-state index < -0.39 is 0 Å². The largest absolute Gasteiger partial charge is 0.309 e. The van der Waals surface area contributed by atoms with Crippen molar-refractivity contribution in [3.8, 4) is 50.2 Å². The molecule has 7 aromatic carbocycles. The molecule has 1 nitrogen and oxygen atoms in total. The Morgan fingerprint density at radius 2 is 0.878 bits per heavy atom. The van der Waals surface area contributed by atoms with Gasteiger partial charge < -0.3 is 4.57 Å². The van der Waals surface area contributed by atoms with Gasteiger partial charge in [0.05, 0.1) is 11.0 Å². The van der Waals surface area contributed by atoms with Crippen molar-refractivity contribution in [3.63, 3.8) is 0 Å². The first-order valence-corrected chi connectivity index (χ1v) is 14.2. The number of para-hydroxylation sites is 1. The van der Waals surface area contributed by atoms with Gasteiger partial charge in [0.2, 0.25) is 0 Å². The summed E-state index contributed by atoms with van der Waals surface area (Å²) in [6.45, 7) is 0. The molecule has 41 heavy (non-hydrogen) atoms. The lowest BCUT2D eigenvalue weighted by atomic mass is 9.97. The van der Waals surface area contributed by atoms with Gasteiger partial charge in [-0.15, -0.1) is 0 Å². The molecule has 1 aliphatic rings. The third kappa shape index (κ3) is 3.24. The molecule has 0 amide bonds. The Labute approximate surface area is 238 Å². The summed E-state index contributed by atoms with van der Waals surface area (Å²) in [5.41, 5.74) is 13.8. The van der Waals surface area contributed by atoms with Crippen LogP contribution in [0, 0.1) is 0 Å². The molecule has 9 rings (SSSR count). The Morgan fingerprint density at radius 3 is 1.59 bits per heavy atom. The van der Waals surface area contributed by atoms with Gasteiger partial charge in [-0.3, -0.25) is 0 Å². The average molecular weight is 520 g/mol. The molecule has 1 heteroatoms. The number of hydrogen-bond acceptors (Lipinski definition) is 0. The van der Waals surface area contributed by atoms with Crippen LogP contribution in [0.4, 0.5) is 0 Å². The fourth-order valence-corrected chi connectivity index (χ4v) is 6.94. The standard InChI is InChI=1S/C40H25N/c1-3-12-26(13-4-1)28-22-29(27-14-5-2-6-15-27)24-30(23-28)41-37-21-10-9-18-34(37)40-35-20-11-19-33-31-16-7-8-17-32(31)36(39(33)35)25-38(40)41/h1-25H. The van der Waals surface area contributed by atoms with Crippen LogP contribution in [0.2, 0.25) is 0 Å². The zero-order valence-electron chi connectivity index (χ0n) is 22.4. The Balaban J connectivity index is 1.43. The molecule has 0 saturated heterocycles. The fraction of sp³-hybridized carbons (Fsp3) is 0. The summed E-state index contributed by atoms with van der Waals surface area (Å²) in [6, 6.07) is 55.4. The van der Waals surface area contributed by atoms with E-state index in [0.717, 1.165) is 0 Å². The van der Waals surface area contributed by atoms with Gasteiger partial charge >= 0.3 is 0 Å². The van der Waals surface area contributed by atoms with Crippen molar-refractivity contribution in [2.45, 2.75) is 0 Å². The summed E-state index contributed by atoms with van der Waals surface area (Å²) in [5, 5.41) is 5.30. The van der Waals surface area contributed by atoms with Gasteiger partial charge in [0.15, 0.2) is 0 Å². The molecule has 0 fully saturated rings. The number of benzene rings is 7. The van der Waals surface area contributed by atoms with Gasteiger partial charge in [-0.2, -0.15) is 0 Å². The van der Waals surface area contributed by atoms with Crippen molar-refractivity contribution in [1.29, 1.82) is 0 Å². The van der Waals surface area contributed by atoms with Crippen LogP contribution < -0.4 is 0 Å². The fourth-order valence-electron chi connectivity index (χ4n) is 6.94. The van der Waals surface area contributed by atoms with Crippen molar-refractivity contribution in [2.75, 3.05) is 0 Å². The topological polar surface area (TPSA) is 4.93 Å². The van der Waals surface area contributed by atoms with Gasteiger partial charge in [0.25, 0.3) is 0 Å². The van der Waals surface area contributed by atoms with E-state index in [0.29, 0.717) is 0 Å². The minimum Gasteiger partial charge on any atom is -0.309 e. The number of fused-ring (bicyclic) bond motifs is 7. The Hall–Kier alpha value is -5.40. The van der Waals surface area contributed by atoms with Gasteiger partial charge in [-0.05, 0) is 85.6 Å². The Bertz CT molecular complexity index is 2230. The monoisotopic (exact) mass is 519 g/mol. The zero-order chi connectivity index (χ0) is 26.9. The molecule has 0 unspecified atom stereocenters. The third-order valence-electron chi connectivity index (χ3n) is 8.69. The number of hydrogen-bond donors (Lipinski definition) is 0. The van der Waals surface area contributed by atoms with Crippen molar-refractivity contribution in [3.05, 3.63) is 152 Å². The lowest BCUT2D eigenvalue weighted by Gasteiger charge is -2.14. The van der Waals surface area contributed by atoms with Crippen LogP contribution in [0.3, 0.4) is 0 Å². The molecule has 190 valence electrons. The molecule has 0 bridgehead atoms. The summed E-state index contributed by atoms with van der Waals surface area (Å²) in [6.07, 6.45) is 0. The lowest BCUT2D eigenvalue weighted by Crippen LogP contribution is -1.96. The average Bonchev–Trinajstić information content (AvgIpc) is 3.56. The molecule has 8 aromatic rings. The molecule has 0 N–H and O–H groups in total. The first-order valence-electron chi connectivity index (χ1n) is 14.2. The smallest absolute Gasteiger partial charge is 0.0553 e. The Morgan fingerprint density at radius 1 is 0.317 bits per heavy atom. The molecule has 0 spiro atoms.